The molecule has 1 heterocycles. The summed E-state index contributed by atoms with van der Waals surface area (Å²) in [7, 11) is 0. The highest BCUT2D eigenvalue weighted by Crippen LogP contribution is 2.30. The van der Waals surface area contributed by atoms with Crippen LogP contribution in [-0.4, -0.2) is 8.91 Å². The maximum atomic E-state index is 5.49. The van der Waals surface area contributed by atoms with Crippen LogP contribution < -0.4 is 4.74 Å². The van der Waals surface area contributed by atoms with Gasteiger partial charge in [-0.2, -0.15) is 0 Å². The molecule has 5 heteroatoms. The fraction of sp³-hybridized carbons (Fsp3) is 0.125. The summed E-state index contributed by atoms with van der Waals surface area (Å²) < 4.78 is 6.41. The number of nitrogens with zero attached hydrogens (tertiary/aromatic N) is 1. The topological polar surface area (TPSA) is 22.1 Å². The van der Waals surface area contributed by atoms with Gasteiger partial charge >= 0.3 is 0 Å². The van der Waals surface area contributed by atoms with Gasteiger partial charge in [0.25, 0.3) is 0 Å². The fourth-order valence-corrected chi connectivity index (χ4v) is 2.20. The zero-order chi connectivity index (χ0) is 9.26. The van der Waals surface area contributed by atoms with Crippen LogP contribution in [0.2, 0.25) is 0 Å². The van der Waals surface area contributed by atoms with Crippen molar-refractivity contribution < 1.29 is 4.74 Å². The quantitative estimate of drug-likeness (QED) is 0.786. The van der Waals surface area contributed by atoms with Gasteiger partial charge in [-0.05, 0) is 44.0 Å². The molecule has 2 nitrogen and oxygen atoms in total. The fourth-order valence-electron chi connectivity index (χ4n) is 1.05. The van der Waals surface area contributed by atoms with Crippen molar-refractivity contribution in [1.29, 1.82) is 0 Å². The molecule has 1 aromatic heterocycles. The third-order valence-electron chi connectivity index (χ3n) is 1.54. The van der Waals surface area contributed by atoms with Gasteiger partial charge < -0.3 is 4.74 Å². The maximum Gasteiger partial charge on any atom is 0.207 e. The highest BCUT2D eigenvalue weighted by atomic mass is 79.9. The average Bonchev–Trinajstić information content (AvgIpc) is 2.51. The lowest BCUT2D eigenvalue weighted by molar-refractivity contribution is 0.381. The van der Waals surface area contributed by atoms with E-state index < -0.39 is 0 Å². The van der Waals surface area contributed by atoms with E-state index >= 15 is 0 Å². The Balaban J connectivity index is 2.48. The molecule has 0 aliphatic rings. The zero-order valence-electron chi connectivity index (χ0n) is 6.41. The van der Waals surface area contributed by atoms with E-state index in [0.717, 1.165) is 16.0 Å². The summed E-state index contributed by atoms with van der Waals surface area (Å²) >= 11 is 8.11. The standard InChI is InChI=1S/C8H5Br2NOS/c9-8(10)12-6-3-1-2-5-7(6)13-4-11-5/h1-4,8H. The van der Waals surface area contributed by atoms with Crippen molar-refractivity contribution in [1.82, 2.24) is 4.98 Å². The third-order valence-corrected chi connectivity index (χ3v) is 2.77. The number of benzene rings is 1. The number of aromatic nitrogens is 1. The Morgan fingerprint density at radius 3 is 3.00 bits per heavy atom. The van der Waals surface area contributed by atoms with Gasteiger partial charge in [-0.1, -0.05) is 6.07 Å². The van der Waals surface area contributed by atoms with Crippen molar-refractivity contribution in [2.24, 2.45) is 0 Å². The number of fused-ring (bicyclic) bond motifs is 1. The molecule has 0 N–H and O–H groups in total. The van der Waals surface area contributed by atoms with Crippen LogP contribution in [0.4, 0.5) is 0 Å². The summed E-state index contributed by atoms with van der Waals surface area (Å²) in [4.78, 5) is 4.19. The zero-order valence-corrected chi connectivity index (χ0v) is 10.4. The summed E-state index contributed by atoms with van der Waals surface area (Å²) in [5.74, 6) is 0.846. The van der Waals surface area contributed by atoms with E-state index in [1.165, 1.54) is 0 Å². The van der Waals surface area contributed by atoms with E-state index in [1.807, 2.05) is 23.7 Å². The van der Waals surface area contributed by atoms with Crippen LogP contribution in [0, 0.1) is 0 Å². The molecule has 1 aromatic carbocycles. The number of alkyl halides is 2. The maximum absolute atomic E-state index is 5.49. The van der Waals surface area contributed by atoms with Crippen LogP contribution in [-0.2, 0) is 0 Å². The molecule has 0 atom stereocenters. The Labute approximate surface area is 96.2 Å². The summed E-state index contributed by atoms with van der Waals surface area (Å²) in [6, 6.07) is 5.83. The number of hydrogen-bond acceptors (Lipinski definition) is 3. The molecular weight excluding hydrogens is 318 g/mol. The highest BCUT2D eigenvalue weighted by Gasteiger charge is 2.06. The lowest BCUT2D eigenvalue weighted by Gasteiger charge is -2.06. The number of thiazole rings is 1. The Morgan fingerprint density at radius 2 is 2.23 bits per heavy atom. The molecule has 0 spiro atoms. The van der Waals surface area contributed by atoms with Gasteiger partial charge in [0.1, 0.15) is 5.75 Å². The SMILES string of the molecule is BrC(Br)Oc1cccc2ncsc12. The largest absolute Gasteiger partial charge is 0.467 e. The first-order valence-corrected chi connectivity index (χ1v) is 6.25. The lowest BCUT2D eigenvalue weighted by Crippen LogP contribution is -1.97. The molecule has 0 saturated heterocycles. The molecule has 0 radical (unpaired) electrons. The Bertz CT molecular complexity index is 415. The van der Waals surface area contributed by atoms with Crippen LogP contribution in [0.15, 0.2) is 23.7 Å². The summed E-state index contributed by atoms with van der Waals surface area (Å²) in [5.41, 5.74) is 2.79. The van der Waals surface area contributed by atoms with Gasteiger partial charge in [0.2, 0.25) is 3.92 Å². The number of hydrogen-bond donors (Lipinski definition) is 0. The van der Waals surface area contributed by atoms with Gasteiger partial charge in [0.05, 0.1) is 15.7 Å². The first-order valence-electron chi connectivity index (χ1n) is 3.54. The predicted octanol–water partition coefficient (Wildman–Crippen LogP) is 3.75. The van der Waals surface area contributed by atoms with E-state index in [1.54, 1.807) is 11.3 Å². The number of ether oxygens (including phenoxy) is 1. The van der Waals surface area contributed by atoms with Gasteiger partial charge in [-0.25, -0.2) is 4.98 Å². The molecule has 0 aliphatic carbocycles. The van der Waals surface area contributed by atoms with Gasteiger partial charge in [-0.3, -0.25) is 0 Å². The van der Waals surface area contributed by atoms with Crippen LogP contribution in [0.3, 0.4) is 0 Å². The smallest absolute Gasteiger partial charge is 0.207 e. The minimum absolute atomic E-state index is 0.160. The van der Waals surface area contributed by atoms with Crippen molar-refractivity contribution in [3.63, 3.8) is 0 Å². The van der Waals surface area contributed by atoms with E-state index in [9.17, 15) is 0 Å². The van der Waals surface area contributed by atoms with Crippen molar-refractivity contribution in [3.8, 4) is 5.75 Å². The van der Waals surface area contributed by atoms with Crippen molar-refractivity contribution in [2.45, 2.75) is 3.92 Å². The Hall–Kier alpha value is -0.130. The molecule has 0 unspecified atom stereocenters. The Morgan fingerprint density at radius 1 is 1.38 bits per heavy atom. The van der Waals surface area contributed by atoms with Crippen molar-refractivity contribution in [3.05, 3.63) is 23.7 Å². The third kappa shape index (κ3) is 2.03. The minimum atomic E-state index is -0.160. The molecule has 0 bridgehead atoms. The van der Waals surface area contributed by atoms with Gasteiger partial charge in [0, 0.05) is 0 Å². The summed E-state index contributed by atoms with van der Waals surface area (Å²) in [6.45, 7) is 0. The first-order chi connectivity index (χ1) is 6.27. The van der Waals surface area contributed by atoms with Crippen LogP contribution >= 0.6 is 43.2 Å². The second-order valence-electron chi connectivity index (χ2n) is 2.34. The van der Waals surface area contributed by atoms with Crippen LogP contribution in [0.25, 0.3) is 10.2 Å². The molecule has 13 heavy (non-hydrogen) atoms. The van der Waals surface area contributed by atoms with Gasteiger partial charge in [0.15, 0.2) is 0 Å². The summed E-state index contributed by atoms with van der Waals surface area (Å²) in [5, 5.41) is 0. The normalized spacial score (nSPS) is 11.0. The van der Waals surface area contributed by atoms with Crippen molar-refractivity contribution >= 4 is 53.4 Å². The molecule has 2 rings (SSSR count). The van der Waals surface area contributed by atoms with E-state index in [2.05, 4.69) is 36.8 Å². The van der Waals surface area contributed by atoms with E-state index in [0.29, 0.717) is 0 Å². The molecule has 68 valence electrons. The number of halogens is 2. The molecule has 0 fully saturated rings. The van der Waals surface area contributed by atoms with E-state index in [-0.39, 0.29) is 3.92 Å². The number of rotatable bonds is 2. The van der Waals surface area contributed by atoms with Crippen molar-refractivity contribution in [2.75, 3.05) is 0 Å². The lowest BCUT2D eigenvalue weighted by atomic mass is 10.3. The highest BCUT2D eigenvalue weighted by molar-refractivity contribution is 9.24. The molecule has 0 saturated carbocycles. The molecular formula is C8H5Br2NOS. The second-order valence-corrected chi connectivity index (χ2v) is 6.08. The molecule has 0 aliphatic heterocycles. The second kappa shape index (κ2) is 3.94. The van der Waals surface area contributed by atoms with Crippen LogP contribution in [0.1, 0.15) is 0 Å². The average molecular weight is 323 g/mol. The van der Waals surface area contributed by atoms with Crippen LogP contribution in [0.5, 0.6) is 5.75 Å². The van der Waals surface area contributed by atoms with E-state index in [4.69, 9.17) is 4.74 Å². The first kappa shape index (κ1) is 9.43. The predicted molar refractivity (Wildman–Crippen MR) is 61.9 cm³/mol. The monoisotopic (exact) mass is 321 g/mol. The van der Waals surface area contributed by atoms with Gasteiger partial charge in [-0.15, -0.1) is 11.3 Å². The minimum Gasteiger partial charge on any atom is -0.467 e. The molecule has 2 aromatic rings. The Kier molecular flexibility index (Phi) is 2.86. The summed E-state index contributed by atoms with van der Waals surface area (Å²) in [6.07, 6.45) is 0. The molecule has 0 amide bonds.